The molecule has 0 aliphatic heterocycles. The van der Waals surface area contributed by atoms with Crippen LogP contribution >= 0.6 is 0 Å². The Balaban J connectivity index is 1.62. The Hall–Kier alpha value is -0.600. The maximum absolute atomic E-state index is 10.8. The third-order valence-electron chi connectivity index (χ3n) is 11.8. The van der Waals surface area contributed by atoms with E-state index in [2.05, 4.69) is 47.6 Å². The number of hydrogen-bond donors (Lipinski definition) is 2. The van der Waals surface area contributed by atoms with Gasteiger partial charge in [0.1, 0.15) is 0 Å². The largest absolute Gasteiger partial charge is 0.393 e. The molecule has 0 heterocycles. The molecular formula is C30H50O2. The zero-order valence-electron chi connectivity index (χ0n) is 22.1. The monoisotopic (exact) mass is 442 g/mol. The first kappa shape index (κ1) is 24.5. The maximum Gasteiger partial charge on any atom is 0.0639 e. The molecule has 0 aromatic rings. The van der Waals surface area contributed by atoms with E-state index >= 15 is 0 Å². The molecule has 2 heteroatoms. The lowest BCUT2D eigenvalue weighted by Gasteiger charge is -2.62. The van der Waals surface area contributed by atoms with Gasteiger partial charge in [-0.3, -0.25) is 0 Å². The highest BCUT2D eigenvalue weighted by molar-refractivity contribution is 5.38. The summed E-state index contributed by atoms with van der Waals surface area (Å²) in [5.74, 6) is 2.16. The van der Waals surface area contributed by atoms with Gasteiger partial charge in [-0.15, -0.1) is 0 Å². The molecule has 4 rings (SSSR count). The molecule has 0 radical (unpaired) electrons. The van der Waals surface area contributed by atoms with Gasteiger partial charge in [0.05, 0.1) is 12.7 Å². The first-order chi connectivity index (χ1) is 14.9. The lowest BCUT2D eigenvalue weighted by atomic mass is 9.43. The number of aliphatic hydroxyl groups excluding tert-OH is 2. The second kappa shape index (κ2) is 8.26. The van der Waals surface area contributed by atoms with E-state index in [1.165, 1.54) is 51.4 Å². The first-order valence-electron chi connectivity index (χ1n) is 13.6. The highest BCUT2D eigenvalue weighted by Gasteiger charge is 2.63. The molecule has 182 valence electrons. The van der Waals surface area contributed by atoms with Gasteiger partial charge in [-0.05, 0) is 111 Å². The van der Waals surface area contributed by atoms with Crippen molar-refractivity contribution in [3.05, 3.63) is 22.8 Å². The fraction of sp³-hybridized carbons (Fsp3) is 0.867. The Morgan fingerprint density at radius 1 is 1.00 bits per heavy atom. The van der Waals surface area contributed by atoms with Crippen LogP contribution in [0, 0.1) is 39.4 Å². The zero-order valence-corrected chi connectivity index (χ0v) is 22.1. The minimum atomic E-state index is -0.146. The molecule has 4 aliphatic rings. The van der Waals surface area contributed by atoms with E-state index in [1.54, 1.807) is 0 Å². The summed E-state index contributed by atoms with van der Waals surface area (Å²) in [7, 11) is 0. The van der Waals surface area contributed by atoms with Crippen molar-refractivity contribution in [1.29, 1.82) is 0 Å². The Morgan fingerprint density at radius 2 is 1.72 bits per heavy atom. The summed E-state index contributed by atoms with van der Waals surface area (Å²) in [6.45, 7) is 17.2. The van der Waals surface area contributed by atoms with Crippen LogP contribution in [0.25, 0.3) is 0 Å². The molecule has 2 fully saturated rings. The van der Waals surface area contributed by atoms with Crippen molar-refractivity contribution >= 4 is 0 Å². The van der Waals surface area contributed by atoms with E-state index in [0.717, 1.165) is 30.3 Å². The molecule has 0 aromatic heterocycles. The normalized spacial score (nSPS) is 44.7. The summed E-state index contributed by atoms with van der Waals surface area (Å²) in [5.41, 5.74) is 5.86. The van der Waals surface area contributed by atoms with Crippen LogP contribution in [-0.4, -0.2) is 22.9 Å². The maximum atomic E-state index is 10.8. The summed E-state index contributed by atoms with van der Waals surface area (Å²) in [6.07, 6.45) is 14.5. The molecular weight excluding hydrogens is 392 g/mol. The molecule has 4 aliphatic carbocycles. The van der Waals surface area contributed by atoms with Gasteiger partial charge in [0, 0.05) is 0 Å². The van der Waals surface area contributed by atoms with E-state index in [1.807, 2.05) is 18.1 Å². The predicted molar refractivity (Wildman–Crippen MR) is 134 cm³/mol. The second-order valence-electron chi connectivity index (χ2n) is 13.5. The third kappa shape index (κ3) is 3.41. The molecule has 2 saturated carbocycles. The first-order valence-corrected chi connectivity index (χ1v) is 13.6. The molecule has 0 spiro atoms. The summed E-state index contributed by atoms with van der Waals surface area (Å²) >= 11 is 0. The lowest BCUT2D eigenvalue weighted by Crippen LogP contribution is -2.55. The fourth-order valence-corrected chi connectivity index (χ4v) is 9.49. The van der Waals surface area contributed by atoms with Gasteiger partial charge in [-0.25, -0.2) is 0 Å². The van der Waals surface area contributed by atoms with Crippen molar-refractivity contribution in [2.75, 3.05) is 6.61 Å². The van der Waals surface area contributed by atoms with Crippen molar-refractivity contribution in [2.45, 2.75) is 119 Å². The third-order valence-corrected chi connectivity index (χ3v) is 11.8. The Kier molecular flexibility index (Phi) is 6.33. The van der Waals surface area contributed by atoms with Gasteiger partial charge in [0.15, 0.2) is 0 Å². The van der Waals surface area contributed by atoms with Gasteiger partial charge in [-0.1, -0.05) is 64.3 Å². The molecule has 0 aromatic carbocycles. The van der Waals surface area contributed by atoms with Crippen molar-refractivity contribution < 1.29 is 10.2 Å². The van der Waals surface area contributed by atoms with E-state index in [4.69, 9.17) is 0 Å². The Labute approximate surface area is 198 Å². The summed E-state index contributed by atoms with van der Waals surface area (Å²) < 4.78 is 0. The van der Waals surface area contributed by atoms with E-state index in [-0.39, 0.29) is 23.5 Å². The lowest BCUT2D eigenvalue weighted by molar-refractivity contribution is -0.0962. The highest BCUT2D eigenvalue weighted by atomic mass is 16.3. The van der Waals surface area contributed by atoms with Gasteiger partial charge < -0.3 is 10.2 Å². The van der Waals surface area contributed by atoms with Crippen LogP contribution in [-0.2, 0) is 0 Å². The second-order valence-corrected chi connectivity index (χ2v) is 13.5. The van der Waals surface area contributed by atoms with E-state index < -0.39 is 0 Å². The van der Waals surface area contributed by atoms with Crippen LogP contribution in [0.2, 0.25) is 0 Å². The number of fused-ring (bicyclic) bond motifs is 4. The van der Waals surface area contributed by atoms with Gasteiger partial charge in [-0.2, -0.15) is 0 Å². The van der Waals surface area contributed by atoms with Gasteiger partial charge >= 0.3 is 0 Å². The van der Waals surface area contributed by atoms with Crippen molar-refractivity contribution in [1.82, 2.24) is 0 Å². The quantitative estimate of drug-likeness (QED) is 0.434. The zero-order chi connectivity index (χ0) is 23.5. The number of hydrogen-bond acceptors (Lipinski definition) is 2. The average molecular weight is 443 g/mol. The SMILES string of the molecule is C/C(=C/CC[C@@H](C)C1CC[C@]2(C)C3=C(CC[C@@]12C)[C@@]1(C)CC[C@@H](O)C(C)(C)C1CC3)CO. The summed E-state index contributed by atoms with van der Waals surface area (Å²) in [4.78, 5) is 0. The topological polar surface area (TPSA) is 40.5 Å². The van der Waals surface area contributed by atoms with Crippen molar-refractivity contribution in [3.8, 4) is 0 Å². The van der Waals surface area contributed by atoms with Crippen LogP contribution in [0.1, 0.15) is 113 Å². The molecule has 0 bridgehead atoms. The average Bonchev–Trinajstić information content (AvgIpc) is 3.02. The Morgan fingerprint density at radius 3 is 2.41 bits per heavy atom. The van der Waals surface area contributed by atoms with Crippen LogP contribution in [0.3, 0.4) is 0 Å². The van der Waals surface area contributed by atoms with Crippen molar-refractivity contribution in [3.63, 3.8) is 0 Å². The molecule has 2 unspecified atom stereocenters. The van der Waals surface area contributed by atoms with Crippen LogP contribution < -0.4 is 0 Å². The fourth-order valence-electron chi connectivity index (χ4n) is 9.49. The van der Waals surface area contributed by atoms with Crippen LogP contribution in [0.4, 0.5) is 0 Å². The van der Waals surface area contributed by atoms with Gasteiger partial charge in [0.2, 0.25) is 0 Å². The summed E-state index contributed by atoms with van der Waals surface area (Å²) in [6, 6.07) is 0. The minimum absolute atomic E-state index is 0.0279. The van der Waals surface area contributed by atoms with Crippen LogP contribution in [0.15, 0.2) is 22.8 Å². The summed E-state index contributed by atoms with van der Waals surface area (Å²) in [5, 5.41) is 20.1. The molecule has 2 nitrogen and oxygen atoms in total. The van der Waals surface area contributed by atoms with E-state index in [9.17, 15) is 10.2 Å². The predicted octanol–water partition coefficient (Wildman–Crippen LogP) is 7.45. The number of aliphatic hydroxyl groups is 2. The standard InChI is InChI=1S/C30H50O2/c1-20(19-31)9-8-10-21(2)22-13-17-30(7)24-11-12-25-27(3,4)26(32)15-16-28(25,5)23(24)14-18-29(22,30)6/h9,21-22,25-26,31-32H,8,10-19H2,1-7H3/b20-9-/t21-,22?,25?,26-,28-,29+,30-/m1/s1. The number of allylic oxidation sites excluding steroid dienone is 3. The number of rotatable bonds is 5. The van der Waals surface area contributed by atoms with Gasteiger partial charge in [0.25, 0.3) is 0 Å². The van der Waals surface area contributed by atoms with E-state index in [0.29, 0.717) is 16.7 Å². The molecule has 0 amide bonds. The van der Waals surface area contributed by atoms with Crippen LogP contribution in [0.5, 0.6) is 0 Å². The smallest absolute Gasteiger partial charge is 0.0639 e. The minimum Gasteiger partial charge on any atom is -0.393 e. The Bertz CT molecular complexity index is 791. The molecule has 7 atom stereocenters. The molecule has 0 saturated heterocycles. The highest BCUT2D eigenvalue weighted by Crippen LogP contribution is 2.72. The molecule has 32 heavy (non-hydrogen) atoms. The molecule has 2 N–H and O–H groups in total. The van der Waals surface area contributed by atoms with Crippen molar-refractivity contribution in [2.24, 2.45) is 39.4 Å².